The number of carbonyl (C=O) groups is 1. The maximum atomic E-state index is 10.9. The Hall–Kier alpha value is -2.24. The predicted octanol–water partition coefficient (Wildman–Crippen LogP) is 4.31. The number of carboxylic acid groups (broad SMARTS) is 1. The molecule has 3 N–H and O–H groups in total. The van der Waals surface area contributed by atoms with Gasteiger partial charge in [0.15, 0.2) is 0 Å². The second kappa shape index (κ2) is 5.27. The fourth-order valence-electron chi connectivity index (χ4n) is 1.96. The molecule has 0 aliphatic heterocycles. The minimum atomic E-state index is -0.984. The van der Waals surface area contributed by atoms with E-state index in [9.17, 15) is 4.79 Å². The van der Waals surface area contributed by atoms with Crippen LogP contribution in [0.15, 0.2) is 36.4 Å². The first-order valence-electron chi connectivity index (χ1n) is 5.97. The van der Waals surface area contributed by atoms with Crippen LogP contribution in [0.1, 0.15) is 10.4 Å². The summed E-state index contributed by atoms with van der Waals surface area (Å²) in [6.07, 6.45) is 0. The van der Waals surface area contributed by atoms with Crippen LogP contribution >= 0.6 is 23.2 Å². The summed E-state index contributed by atoms with van der Waals surface area (Å²) >= 11 is 11.9. The van der Waals surface area contributed by atoms with Gasteiger partial charge in [-0.3, -0.25) is 0 Å². The number of halogens is 2. The quantitative estimate of drug-likeness (QED) is 0.671. The molecule has 1 aromatic heterocycles. The van der Waals surface area contributed by atoms with Crippen molar-refractivity contribution < 1.29 is 9.90 Å². The van der Waals surface area contributed by atoms with E-state index in [0.717, 1.165) is 0 Å². The number of hydrogen-bond donors (Lipinski definition) is 3. The number of fused-ring (bicyclic) bond motifs is 1. The number of benzene rings is 2. The van der Waals surface area contributed by atoms with Gasteiger partial charge in [0.05, 0.1) is 16.6 Å². The third-order valence-corrected chi connectivity index (χ3v) is 3.29. The van der Waals surface area contributed by atoms with Gasteiger partial charge >= 0.3 is 5.97 Å². The smallest absolute Gasteiger partial charge is 0.335 e. The molecule has 0 fully saturated rings. The van der Waals surface area contributed by atoms with Crippen LogP contribution in [0.25, 0.3) is 11.0 Å². The molecule has 106 valence electrons. The normalized spacial score (nSPS) is 10.8. The summed E-state index contributed by atoms with van der Waals surface area (Å²) < 4.78 is 0. The van der Waals surface area contributed by atoms with Crippen LogP contribution in [0.4, 0.5) is 11.6 Å². The van der Waals surface area contributed by atoms with Crippen molar-refractivity contribution in [2.75, 3.05) is 5.32 Å². The molecule has 2 aromatic carbocycles. The van der Waals surface area contributed by atoms with Crippen molar-refractivity contribution in [1.82, 2.24) is 9.97 Å². The number of H-pyrrole nitrogens is 1. The average molecular weight is 322 g/mol. The van der Waals surface area contributed by atoms with Crippen LogP contribution < -0.4 is 5.32 Å². The van der Waals surface area contributed by atoms with Crippen LogP contribution in [-0.2, 0) is 0 Å². The van der Waals surface area contributed by atoms with Gasteiger partial charge in [-0.05, 0) is 36.4 Å². The Balaban J connectivity index is 1.95. The van der Waals surface area contributed by atoms with Crippen LogP contribution in [0.5, 0.6) is 0 Å². The fourth-order valence-corrected chi connectivity index (χ4v) is 2.49. The highest BCUT2D eigenvalue weighted by molar-refractivity contribution is 6.35. The van der Waals surface area contributed by atoms with Gasteiger partial charge in [-0.25, -0.2) is 9.78 Å². The molecular formula is C14H9Cl2N3O2. The second-order valence-corrected chi connectivity index (χ2v) is 5.28. The molecule has 7 heteroatoms. The van der Waals surface area contributed by atoms with E-state index in [2.05, 4.69) is 15.3 Å². The first kappa shape index (κ1) is 13.7. The van der Waals surface area contributed by atoms with Gasteiger partial charge in [0.1, 0.15) is 0 Å². The Kier molecular flexibility index (Phi) is 3.45. The van der Waals surface area contributed by atoms with Gasteiger partial charge < -0.3 is 15.4 Å². The highest BCUT2D eigenvalue weighted by Gasteiger charge is 2.08. The predicted molar refractivity (Wildman–Crippen MR) is 82.8 cm³/mol. The molecule has 0 saturated heterocycles. The average Bonchev–Trinajstić information content (AvgIpc) is 2.78. The Bertz CT molecular complexity index is 825. The number of carboxylic acids is 1. The van der Waals surface area contributed by atoms with Gasteiger partial charge in [0.25, 0.3) is 0 Å². The summed E-state index contributed by atoms with van der Waals surface area (Å²) in [5.41, 5.74) is 2.18. The number of anilines is 2. The lowest BCUT2D eigenvalue weighted by Crippen LogP contribution is -1.94. The van der Waals surface area contributed by atoms with E-state index in [1.54, 1.807) is 24.3 Å². The standard InChI is InChI=1S/C14H9Cl2N3O2/c15-8-4-9(16)6-10(5-8)17-14-18-11-2-1-7(13(20)21)3-12(11)19-14/h1-6H,(H,20,21)(H2,17,18,19). The van der Waals surface area contributed by atoms with E-state index in [0.29, 0.717) is 32.7 Å². The van der Waals surface area contributed by atoms with Crippen molar-refractivity contribution >= 4 is 51.8 Å². The molecular weight excluding hydrogens is 313 g/mol. The monoisotopic (exact) mass is 321 g/mol. The maximum Gasteiger partial charge on any atom is 0.335 e. The molecule has 1 heterocycles. The van der Waals surface area contributed by atoms with Crippen molar-refractivity contribution in [3.8, 4) is 0 Å². The van der Waals surface area contributed by atoms with Crippen LogP contribution in [-0.4, -0.2) is 21.0 Å². The minimum Gasteiger partial charge on any atom is -0.478 e. The lowest BCUT2D eigenvalue weighted by molar-refractivity contribution is 0.0697. The second-order valence-electron chi connectivity index (χ2n) is 4.41. The lowest BCUT2D eigenvalue weighted by Gasteiger charge is -2.03. The van der Waals surface area contributed by atoms with E-state index >= 15 is 0 Å². The van der Waals surface area contributed by atoms with Crippen molar-refractivity contribution in [2.24, 2.45) is 0 Å². The number of imidazole rings is 1. The Morgan fingerprint density at radius 2 is 1.86 bits per heavy atom. The van der Waals surface area contributed by atoms with Gasteiger partial charge in [0, 0.05) is 15.7 Å². The third kappa shape index (κ3) is 2.94. The van der Waals surface area contributed by atoms with E-state index in [4.69, 9.17) is 28.3 Å². The van der Waals surface area contributed by atoms with Gasteiger partial charge in [-0.15, -0.1) is 0 Å². The van der Waals surface area contributed by atoms with Crippen LogP contribution in [0, 0.1) is 0 Å². The minimum absolute atomic E-state index is 0.198. The summed E-state index contributed by atoms with van der Waals surface area (Å²) in [4.78, 5) is 18.3. The number of aromatic amines is 1. The fraction of sp³-hybridized carbons (Fsp3) is 0. The zero-order chi connectivity index (χ0) is 15.0. The molecule has 0 unspecified atom stereocenters. The Morgan fingerprint density at radius 3 is 2.52 bits per heavy atom. The number of rotatable bonds is 3. The molecule has 3 rings (SSSR count). The van der Waals surface area contributed by atoms with E-state index in [1.807, 2.05) is 0 Å². The first-order valence-corrected chi connectivity index (χ1v) is 6.73. The molecule has 0 bridgehead atoms. The van der Waals surface area contributed by atoms with Crippen LogP contribution in [0.2, 0.25) is 10.0 Å². The summed E-state index contributed by atoms with van der Waals surface area (Å²) in [5.74, 6) is -0.506. The Morgan fingerprint density at radius 1 is 1.14 bits per heavy atom. The van der Waals surface area contributed by atoms with Crippen molar-refractivity contribution in [3.05, 3.63) is 52.0 Å². The number of hydrogen-bond acceptors (Lipinski definition) is 3. The van der Waals surface area contributed by atoms with E-state index < -0.39 is 5.97 Å². The molecule has 0 aliphatic carbocycles. The number of aromatic carboxylic acids is 1. The molecule has 0 radical (unpaired) electrons. The largest absolute Gasteiger partial charge is 0.478 e. The number of aromatic nitrogens is 2. The highest BCUT2D eigenvalue weighted by Crippen LogP contribution is 2.25. The molecule has 0 spiro atoms. The summed E-state index contributed by atoms with van der Waals surface area (Å²) in [6, 6.07) is 9.73. The zero-order valence-corrected chi connectivity index (χ0v) is 12.0. The molecule has 0 saturated carbocycles. The maximum absolute atomic E-state index is 10.9. The SMILES string of the molecule is O=C(O)c1ccc2nc(Nc3cc(Cl)cc(Cl)c3)[nH]c2c1. The third-order valence-electron chi connectivity index (χ3n) is 2.85. The van der Waals surface area contributed by atoms with Gasteiger partial charge in [-0.1, -0.05) is 23.2 Å². The number of nitrogens with one attached hydrogen (secondary N) is 2. The zero-order valence-electron chi connectivity index (χ0n) is 10.5. The molecule has 0 atom stereocenters. The number of nitrogens with zero attached hydrogens (tertiary/aromatic N) is 1. The first-order chi connectivity index (χ1) is 10.0. The molecule has 21 heavy (non-hydrogen) atoms. The van der Waals surface area contributed by atoms with Crippen molar-refractivity contribution in [1.29, 1.82) is 0 Å². The summed E-state index contributed by atoms with van der Waals surface area (Å²) in [6.45, 7) is 0. The molecule has 0 amide bonds. The summed E-state index contributed by atoms with van der Waals surface area (Å²) in [7, 11) is 0. The topological polar surface area (TPSA) is 78.0 Å². The van der Waals surface area contributed by atoms with E-state index in [-0.39, 0.29) is 5.56 Å². The van der Waals surface area contributed by atoms with Crippen molar-refractivity contribution in [2.45, 2.75) is 0 Å². The summed E-state index contributed by atoms with van der Waals surface area (Å²) in [5, 5.41) is 13.0. The van der Waals surface area contributed by atoms with Crippen molar-refractivity contribution in [3.63, 3.8) is 0 Å². The highest BCUT2D eigenvalue weighted by atomic mass is 35.5. The molecule has 0 aliphatic rings. The molecule has 5 nitrogen and oxygen atoms in total. The van der Waals surface area contributed by atoms with E-state index in [1.165, 1.54) is 12.1 Å². The van der Waals surface area contributed by atoms with Crippen LogP contribution in [0.3, 0.4) is 0 Å². The molecule has 3 aromatic rings. The lowest BCUT2D eigenvalue weighted by atomic mass is 10.2. The van der Waals surface area contributed by atoms with Gasteiger partial charge in [0.2, 0.25) is 5.95 Å². The van der Waals surface area contributed by atoms with Gasteiger partial charge in [-0.2, -0.15) is 0 Å². The Labute approximate surface area is 129 Å².